The Labute approximate surface area is 211 Å². The van der Waals surface area contributed by atoms with Crippen LogP contribution in [0.5, 0.6) is 0 Å². The van der Waals surface area contributed by atoms with E-state index in [2.05, 4.69) is 26.6 Å². The van der Waals surface area contributed by atoms with Gasteiger partial charge >= 0.3 is 6.09 Å². The molecule has 0 saturated heterocycles. The normalized spacial score (nSPS) is 15.5. The van der Waals surface area contributed by atoms with Gasteiger partial charge in [-0.25, -0.2) is 9.18 Å². The molecule has 1 aliphatic rings. The summed E-state index contributed by atoms with van der Waals surface area (Å²) < 4.78 is 30.5. The minimum Gasteiger partial charge on any atom is -0.444 e. The highest BCUT2D eigenvalue weighted by Crippen LogP contribution is 2.42. The highest BCUT2D eigenvalue weighted by Gasteiger charge is 2.34. The van der Waals surface area contributed by atoms with Gasteiger partial charge in [0.15, 0.2) is 0 Å². The molecule has 2 N–H and O–H groups in total. The zero-order valence-electron chi connectivity index (χ0n) is 19.4. The summed E-state index contributed by atoms with van der Waals surface area (Å²) in [6.45, 7) is 5.86. The number of rotatable bonds is 7. The lowest BCUT2D eigenvalue weighted by Crippen LogP contribution is -2.38. The molecule has 184 valence electrons. The van der Waals surface area contributed by atoms with Crippen molar-refractivity contribution in [3.63, 3.8) is 0 Å². The van der Waals surface area contributed by atoms with Gasteiger partial charge in [0.05, 0.1) is 6.61 Å². The molecule has 0 saturated carbocycles. The van der Waals surface area contributed by atoms with Gasteiger partial charge in [-0.15, -0.1) is 0 Å². The smallest absolute Gasteiger partial charge is 0.412 e. The number of benzene rings is 2. The summed E-state index contributed by atoms with van der Waals surface area (Å²) in [5.74, 6) is -1.27. The van der Waals surface area contributed by atoms with Crippen LogP contribution in [-0.4, -0.2) is 44.7 Å². The van der Waals surface area contributed by atoms with Gasteiger partial charge < -0.3 is 19.5 Å². The van der Waals surface area contributed by atoms with E-state index in [0.717, 1.165) is 0 Å². The molecule has 10 heteroatoms. The lowest BCUT2D eigenvalue weighted by atomic mass is 9.81. The van der Waals surface area contributed by atoms with Crippen molar-refractivity contribution in [2.75, 3.05) is 32.4 Å². The number of nitrogens with one attached hydrogen (secondary N) is 2. The van der Waals surface area contributed by atoms with Crippen LogP contribution in [0, 0.1) is 5.82 Å². The number of methoxy groups -OCH3 is 1. The first-order valence-corrected chi connectivity index (χ1v) is 11.8. The van der Waals surface area contributed by atoms with Gasteiger partial charge in [0, 0.05) is 40.3 Å². The molecule has 7 nitrogen and oxygen atoms in total. The molecular weight excluding hydrogens is 531 g/mol. The molecule has 0 aliphatic carbocycles. The van der Waals surface area contributed by atoms with Crippen molar-refractivity contribution in [1.29, 1.82) is 0 Å². The number of hydrogen-bond donors (Lipinski definition) is 2. The summed E-state index contributed by atoms with van der Waals surface area (Å²) in [6, 6.07) is 5.80. The van der Waals surface area contributed by atoms with Crippen molar-refractivity contribution in [2.24, 2.45) is 0 Å². The first-order chi connectivity index (χ1) is 16.0. The molecule has 34 heavy (non-hydrogen) atoms. The van der Waals surface area contributed by atoms with Gasteiger partial charge in [0.25, 0.3) is 5.91 Å². The number of carbonyl (C=O) groups is 2. The van der Waals surface area contributed by atoms with Crippen LogP contribution in [0.4, 0.5) is 14.9 Å². The number of anilines is 1. The molecule has 3 rings (SSSR count). The molecule has 0 spiro atoms. The van der Waals surface area contributed by atoms with Crippen molar-refractivity contribution < 1.29 is 28.2 Å². The monoisotopic (exact) mass is 556 g/mol. The molecule has 2 aromatic carbocycles. The fourth-order valence-electron chi connectivity index (χ4n) is 3.84. The third-order valence-corrected chi connectivity index (χ3v) is 6.18. The number of ether oxygens (including phenoxy) is 3. The number of amides is 2. The van der Waals surface area contributed by atoms with E-state index in [4.69, 9.17) is 25.8 Å². The molecule has 0 bridgehead atoms. The Morgan fingerprint density at radius 3 is 2.74 bits per heavy atom. The summed E-state index contributed by atoms with van der Waals surface area (Å²) in [6.07, 6.45) is -0.274. The van der Waals surface area contributed by atoms with Gasteiger partial charge in [0.2, 0.25) is 0 Å². The van der Waals surface area contributed by atoms with Crippen LogP contribution in [0.3, 0.4) is 0 Å². The van der Waals surface area contributed by atoms with Gasteiger partial charge in [-0.3, -0.25) is 10.1 Å². The minimum atomic E-state index is -0.720. The molecule has 1 heterocycles. The summed E-state index contributed by atoms with van der Waals surface area (Å²) >= 11 is 9.96. The van der Waals surface area contributed by atoms with Crippen LogP contribution < -0.4 is 10.6 Å². The Morgan fingerprint density at radius 1 is 1.32 bits per heavy atom. The zero-order chi connectivity index (χ0) is 25.0. The van der Waals surface area contributed by atoms with E-state index >= 15 is 0 Å². The summed E-state index contributed by atoms with van der Waals surface area (Å²) in [4.78, 5) is 25.7. The summed E-state index contributed by atoms with van der Waals surface area (Å²) in [5, 5.41) is 5.99. The van der Waals surface area contributed by atoms with Crippen molar-refractivity contribution in [2.45, 2.75) is 38.7 Å². The second kappa shape index (κ2) is 11.0. The number of fused-ring (bicyclic) bond motifs is 1. The van der Waals surface area contributed by atoms with E-state index in [1.54, 1.807) is 26.8 Å². The minimum absolute atomic E-state index is 0.117. The van der Waals surface area contributed by atoms with E-state index in [0.29, 0.717) is 50.5 Å². The average molecular weight is 558 g/mol. The maximum absolute atomic E-state index is 14.2. The van der Waals surface area contributed by atoms with Gasteiger partial charge in [-0.05, 0) is 68.1 Å². The molecule has 0 fully saturated rings. The maximum atomic E-state index is 14.2. The van der Waals surface area contributed by atoms with Crippen LogP contribution in [0.15, 0.2) is 28.7 Å². The molecule has 0 aromatic heterocycles. The maximum Gasteiger partial charge on any atom is 0.412 e. The summed E-state index contributed by atoms with van der Waals surface area (Å²) in [5.41, 5.74) is 1.75. The summed E-state index contributed by atoms with van der Waals surface area (Å²) in [7, 11) is 1.52. The first-order valence-electron chi connectivity index (χ1n) is 10.7. The Morgan fingerprint density at radius 2 is 2.06 bits per heavy atom. The predicted molar refractivity (Wildman–Crippen MR) is 131 cm³/mol. The van der Waals surface area contributed by atoms with Crippen LogP contribution in [0.2, 0.25) is 5.02 Å². The molecule has 1 atom stereocenters. The Kier molecular flexibility index (Phi) is 8.57. The number of halogens is 3. The quantitative estimate of drug-likeness (QED) is 0.341. The topological polar surface area (TPSA) is 85.9 Å². The Hall–Kier alpha value is -2.20. The van der Waals surface area contributed by atoms with Crippen molar-refractivity contribution in [3.8, 4) is 0 Å². The lowest BCUT2D eigenvalue weighted by molar-refractivity contribution is -0.0292. The van der Waals surface area contributed by atoms with Gasteiger partial charge in [0.1, 0.15) is 18.2 Å². The highest BCUT2D eigenvalue weighted by molar-refractivity contribution is 9.10. The zero-order valence-corrected chi connectivity index (χ0v) is 21.7. The van der Waals surface area contributed by atoms with Crippen molar-refractivity contribution in [1.82, 2.24) is 5.32 Å². The fourth-order valence-corrected chi connectivity index (χ4v) is 4.71. The Balaban J connectivity index is 2.15. The third kappa shape index (κ3) is 6.27. The first kappa shape index (κ1) is 26.4. The molecule has 1 unspecified atom stereocenters. The third-order valence-electron chi connectivity index (χ3n) is 5.13. The highest BCUT2D eigenvalue weighted by atomic mass is 79.9. The fraction of sp³-hybridized carbons (Fsp3) is 0.417. The van der Waals surface area contributed by atoms with E-state index in [1.165, 1.54) is 25.3 Å². The SMILES string of the molecule is COCOCCc1c(Br)cc(NC(=O)OC(C)(C)C)c2c1C(=O)NCC2c1cc(F)ccc1Cl. The van der Waals surface area contributed by atoms with Crippen LogP contribution >= 0.6 is 27.5 Å². The van der Waals surface area contributed by atoms with E-state index < -0.39 is 23.4 Å². The molecule has 2 aromatic rings. The van der Waals surface area contributed by atoms with Crippen LogP contribution in [0.25, 0.3) is 0 Å². The average Bonchev–Trinajstić information content (AvgIpc) is 2.73. The van der Waals surface area contributed by atoms with E-state index in [9.17, 15) is 14.0 Å². The van der Waals surface area contributed by atoms with Crippen LogP contribution in [0.1, 0.15) is 53.7 Å². The number of carbonyl (C=O) groups excluding carboxylic acids is 2. The van der Waals surface area contributed by atoms with Crippen LogP contribution in [-0.2, 0) is 20.6 Å². The Bertz CT molecular complexity index is 1090. The standard InChI is InChI=1S/C24H27BrClFN2O5/c1-24(2,3)34-23(31)29-19-10-17(25)14(7-8-33-12-32-4)21-20(19)16(11-28-22(21)30)15-9-13(27)5-6-18(15)26/h5-6,9-10,16H,7-8,11-12H2,1-4H3,(H,28,30)(H,29,31). The second-order valence-electron chi connectivity index (χ2n) is 8.79. The second-order valence-corrected chi connectivity index (χ2v) is 10.1. The molecule has 1 aliphatic heterocycles. The van der Waals surface area contributed by atoms with E-state index in [-0.39, 0.29) is 19.2 Å². The predicted octanol–water partition coefficient (Wildman–Crippen LogP) is 5.63. The molecular formula is C24H27BrClFN2O5. The van der Waals surface area contributed by atoms with E-state index in [1.807, 2.05) is 0 Å². The lowest BCUT2D eigenvalue weighted by Gasteiger charge is -2.31. The van der Waals surface area contributed by atoms with Crippen molar-refractivity contribution in [3.05, 3.63) is 61.8 Å². The van der Waals surface area contributed by atoms with Gasteiger partial charge in [-0.2, -0.15) is 0 Å². The number of hydrogen-bond acceptors (Lipinski definition) is 5. The molecule has 0 radical (unpaired) electrons. The largest absolute Gasteiger partial charge is 0.444 e. The van der Waals surface area contributed by atoms with Crippen molar-refractivity contribution >= 4 is 45.2 Å². The molecule has 2 amide bonds. The van der Waals surface area contributed by atoms with Gasteiger partial charge in [-0.1, -0.05) is 27.5 Å².